The molecule has 1 aliphatic heterocycles. The lowest BCUT2D eigenvalue weighted by atomic mass is 9.90. The van der Waals surface area contributed by atoms with Gasteiger partial charge in [-0.3, -0.25) is 4.79 Å². The predicted octanol–water partition coefficient (Wildman–Crippen LogP) is 4.24. The fourth-order valence-electron chi connectivity index (χ4n) is 4.11. The first kappa shape index (κ1) is 24.3. The van der Waals surface area contributed by atoms with Gasteiger partial charge in [0.2, 0.25) is 5.91 Å². The molecular formula is C23H26F4N4O3. The summed E-state index contributed by atoms with van der Waals surface area (Å²) in [5.74, 6) is -0.731. The number of aromatic nitrogens is 2. The average molecular weight is 482 g/mol. The van der Waals surface area contributed by atoms with Crippen molar-refractivity contribution < 1.29 is 31.8 Å². The van der Waals surface area contributed by atoms with Gasteiger partial charge in [0.25, 0.3) is 6.43 Å². The molecule has 2 fully saturated rings. The van der Waals surface area contributed by atoms with E-state index in [0.29, 0.717) is 30.3 Å². The number of amides is 1. The molecule has 0 radical (unpaired) electrons. The summed E-state index contributed by atoms with van der Waals surface area (Å²) in [6, 6.07) is 2.87. The van der Waals surface area contributed by atoms with E-state index in [9.17, 15) is 22.4 Å². The van der Waals surface area contributed by atoms with Crippen LogP contribution in [0.1, 0.15) is 66.7 Å². The normalized spacial score (nSPS) is 21.4. The van der Waals surface area contributed by atoms with Crippen LogP contribution in [0.25, 0.3) is 0 Å². The van der Waals surface area contributed by atoms with Crippen LogP contribution in [-0.4, -0.2) is 41.3 Å². The van der Waals surface area contributed by atoms with E-state index >= 15 is 0 Å². The maximum Gasteiger partial charge on any atom is 0.266 e. The third kappa shape index (κ3) is 5.30. The maximum absolute atomic E-state index is 14.7. The van der Waals surface area contributed by atoms with E-state index < -0.39 is 36.3 Å². The summed E-state index contributed by atoms with van der Waals surface area (Å²) >= 11 is 0. The van der Waals surface area contributed by atoms with E-state index in [0.717, 1.165) is 6.07 Å². The minimum Gasteiger partial charge on any atom is -0.363 e. The number of hydrogen-bond acceptors (Lipinski definition) is 6. The van der Waals surface area contributed by atoms with Gasteiger partial charge in [-0.2, -0.15) is 0 Å². The van der Waals surface area contributed by atoms with Crippen molar-refractivity contribution in [3.63, 3.8) is 0 Å². The summed E-state index contributed by atoms with van der Waals surface area (Å²) in [6.45, 7) is 3.89. The van der Waals surface area contributed by atoms with Gasteiger partial charge in [-0.1, -0.05) is 18.2 Å². The number of nitrogens with one attached hydrogen (secondary N) is 2. The SMILES string of the molecule is Cc1nc(CC(=O)N[C@H]2C[C@H](F)C2)c(C2OCCO2)c(N[C@H](C)c2cccc(C(F)F)c2F)n1. The van der Waals surface area contributed by atoms with Crippen molar-refractivity contribution in [3.05, 3.63) is 52.2 Å². The van der Waals surface area contributed by atoms with Gasteiger partial charge in [0.15, 0.2) is 6.29 Å². The van der Waals surface area contributed by atoms with Crippen molar-refractivity contribution in [2.45, 2.75) is 64.1 Å². The number of carbonyl (C=O) groups excluding carboxylic acids is 1. The molecule has 0 spiro atoms. The van der Waals surface area contributed by atoms with E-state index in [1.165, 1.54) is 12.1 Å². The maximum atomic E-state index is 14.7. The topological polar surface area (TPSA) is 85.4 Å². The second kappa shape index (κ2) is 10.2. The van der Waals surface area contributed by atoms with Gasteiger partial charge >= 0.3 is 0 Å². The quantitative estimate of drug-likeness (QED) is 0.548. The largest absolute Gasteiger partial charge is 0.363 e. The van der Waals surface area contributed by atoms with E-state index in [1.54, 1.807) is 13.8 Å². The number of rotatable bonds is 8. The highest BCUT2D eigenvalue weighted by molar-refractivity contribution is 5.79. The Morgan fingerprint density at radius 3 is 2.50 bits per heavy atom. The zero-order valence-corrected chi connectivity index (χ0v) is 18.8. The van der Waals surface area contributed by atoms with Gasteiger partial charge in [-0.05, 0) is 26.7 Å². The van der Waals surface area contributed by atoms with Gasteiger partial charge in [-0.15, -0.1) is 0 Å². The molecule has 1 aliphatic carbocycles. The molecule has 0 bridgehead atoms. The smallest absolute Gasteiger partial charge is 0.266 e. The lowest BCUT2D eigenvalue weighted by Crippen LogP contribution is -2.45. The summed E-state index contributed by atoms with van der Waals surface area (Å²) in [5, 5.41) is 5.84. The highest BCUT2D eigenvalue weighted by atomic mass is 19.3. The predicted molar refractivity (Wildman–Crippen MR) is 115 cm³/mol. The average Bonchev–Trinajstić information content (AvgIpc) is 3.26. The van der Waals surface area contributed by atoms with Crippen LogP contribution in [-0.2, 0) is 20.7 Å². The molecule has 2 heterocycles. The number of hydrogen-bond donors (Lipinski definition) is 2. The molecule has 34 heavy (non-hydrogen) atoms. The first-order valence-corrected chi connectivity index (χ1v) is 11.1. The summed E-state index contributed by atoms with van der Waals surface area (Å²) in [5.41, 5.74) is 0.0897. The second-order valence-electron chi connectivity index (χ2n) is 8.48. The first-order chi connectivity index (χ1) is 16.2. The Kier molecular flexibility index (Phi) is 7.32. The molecule has 1 aromatic heterocycles. The fraction of sp³-hybridized carbons (Fsp3) is 0.522. The lowest BCUT2D eigenvalue weighted by Gasteiger charge is -2.30. The zero-order valence-electron chi connectivity index (χ0n) is 18.8. The standard InChI is InChI=1S/C23H26F4N4O3/c1-11(15-4-3-5-16(20(15)25)21(26)27)28-22-19(23-33-6-7-34-23)17(29-12(2)30-22)10-18(32)31-14-8-13(24)9-14/h3-5,11,13-14,21,23H,6-10H2,1-2H3,(H,31,32)(H,28,29,30)/t11-,13-,14-/m1/s1. The monoisotopic (exact) mass is 482 g/mol. The van der Waals surface area contributed by atoms with E-state index in [1.807, 2.05) is 0 Å². The lowest BCUT2D eigenvalue weighted by molar-refractivity contribution is -0.122. The molecule has 1 saturated heterocycles. The third-order valence-electron chi connectivity index (χ3n) is 5.88. The molecule has 2 N–H and O–H groups in total. The Balaban J connectivity index is 1.62. The van der Waals surface area contributed by atoms with Gasteiger partial charge in [0, 0.05) is 11.6 Å². The Morgan fingerprint density at radius 2 is 1.85 bits per heavy atom. The van der Waals surface area contributed by atoms with Crippen LogP contribution >= 0.6 is 0 Å². The van der Waals surface area contributed by atoms with Crippen molar-refractivity contribution in [1.29, 1.82) is 0 Å². The Labute approximate surface area is 194 Å². The van der Waals surface area contributed by atoms with Crippen LogP contribution in [0.3, 0.4) is 0 Å². The highest BCUT2D eigenvalue weighted by Crippen LogP contribution is 2.35. The molecular weight excluding hydrogens is 456 g/mol. The Morgan fingerprint density at radius 1 is 1.18 bits per heavy atom. The van der Waals surface area contributed by atoms with Gasteiger partial charge < -0.3 is 20.1 Å². The molecule has 1 atom stereocenters. The van der Waals surface area contributed by atoms with Crippen LogP contribution in [0, 0.1) is 12.7 Å². The number of nitrogens with zero attached hydrogens (tertiary/aromatic N) is 2. The highest BCUT2D eigenvalue weighted by Gasteiger charge is 2.32. The number of aryl methyl sites for hydroxylation is 1. The molecule has 184 valence electrons. The fourth-order valence-corrected chi connectivity index (χ4v) is 4.11. The number of benzene rings is 1. The first-order valence-electron chi connectivity index (χ1n) is 11.1. The van der Waals surface area contributed by atoms with Crippen molar-refractivity contribution >= 4 is 11.7 Å². The summed E-state index contributed by atoms with van der Waals surface area (Å²) in [7, 11) is 0. The number of carbonyl (C=O) groups is 1. The molecule has 2 aliphatic rings. The number of halogens is 4. The zero-order chi connectivity index (χ0) is 24.4. The van der Waals surface area contributed by atoms with E-state index in [2.05, 4.69) is 20.6 Å². The van der Waals surface area contributed by atoms with Crippen LogP contribution in [0.5, 0.6) is 0 Å². The van der Waals surface area contributed by atoms with Gasteiger partial charge in [0.1, 0.15) is 23.6 Å². The molecule has 0 unspecified atom stereocenters. The van der Waals surface area contributed by atoms with Crippen LogP contribution < -0.4 is 10.6 Å². The Hall–Kier alpha value is -2.79. The molecule has 4 rings (SSSR count). The van der Waals surface area contributed by atoms with Gasteiger partial charge in [-0.25, -0.2) is 27.5 Å². The third-order valence-corrected chi connectivity index (χ3v) is 5.88. The van der Waals surface area contributed by atoms with Crippen LogP contribution in [0.2, 0.25) is 0 Å². The molecule has 2 aromatic rings. The van der Waals surface area contributed by atoms with Crippen LogP contribution in [0.15, 0.2) is 18.2 Å². The number of ether oxygens (including phenoxy) is 2. The van der Waals surface area contributed by atoms with E-state index in [-0.39, 0.29) is 42.6 Å². The molecule has 11 heteroatoms. The molecule has 1 aromatic carbocycles. The molecule has 1 amide bonds. The summed E-state index contributed by atoms with van der Waals surface area (Å²) in [6.07, 6.45) is -4.25. The minimum atomic E-state index is -2.95. The minimum absolute atomic E-state index is 0.0401. The molecule has 1 saturated carbocycles. The summed E-state index contributed by atoms with van der Waals surface area (Å²) < 4.78 is 65.4. The summed E-state index contributed by atoms with van der Waals surface area (Å²) in [4.78, 5) is 21.4. The van der Waals surface area contributed by atoms with E-state index in [4.69, 9.17) is 9.47 Å². The van der Waals surface area contributed by atoms with Crippen molar-refractivity contribution in [2.75, 3.05) is 18.5 Å². The van der Waals surface area contributed by atoms with Crippen LogP contribution in [0.4, 0.5) is 23.4 Å². The van der Waals surface area contributed by atoms with Crippen molar-refractivity contribution in [3.8, 4) is 0 Å². The second-order valence-corrected chi connectivity index (χ2v) is 8.48. The Bertz CT molecular complexity index is 1040. The van der Waals surface area contributed by atoms with Crippen molar-refractivity contribution in [2.24, 2.45) is 0 Å². The van der Waals surface area contributed by atoms with Crippen molar-refractivity contribution in [1.82, 2.24) is 15.3 Å². The number of alkyl halides is 3. The molecule has 7 nitrogen and oxygen atoms in total. The number of anilines is 1. The van der Waals surface area contributed by atoms with Gasteiger partial charge in [0.05, 0.1) is 42.5 Å².